The number of ether oxygens (including phenoxy) is 1. The number of fused-ring (bicyclic) bond motifs is 1. The third-order valence-electron chi connectivity index (χ3n) is 4.20. The largest absolute Gasteiger partial charge is 0.433 e. The van der Waals surface area contributed by atoms with E-state index in [0.717, 1.165) is 6.07 Å². The smallest absolute Gasteiger partial charge is 0.394 e. The topological polar surface area (TPSA) is 116 Å². The van der Waals surface area contributed by atoms with Gasteiger partial charge in [-0.25, -0.2) is 4.98 Å². The molecule has 4 atom stereocenters. The Balaban J connectivity index is 2.12. The standard InChI is InChI=1S/C15H15F3N2O5/c1-5-2-9(15(16,17)18)19-13-6(5)3-7(14(24)20-13)12-11(23)10(22)8(4-21)25-12/h2-3,8,10-12,21-23H,4H2,1H3,(H,19,20,24). The number of aliphatic hydroxyl groups is 3. The Labute approximate surface area is 138 Å². The molecule has 0 aliphatic carbocycles. The molecule has 2 aromatic rings. The lowest BCUT2D eigenvalue weighted by atomic mass is 10.0. The number of pyridine rings is 2. The van der Waals surface area contributed by atoms with E-state index in [2.05, 4.69) is 9.97 Å². The molecule has 3 rings (SSSR count). The highest BCUT2D eigenvalue weighted by molar-refractivity contribution is 5.79. The second kappa shape index (κ2) is 6.06. The molecule has 0 bridgehead atoms. The Morgan fingerprint density at radius 3 is 2.52 bits per heavy atom. The number of nitrogens with one attached hydrogen (secondary N) is 1. The molecule has 0 saturated carbocycles. The van der Waals surface area contributed by atoms with E-state index in [-0.39, 0.29) is 22.2 Å². The van der Waals surface area contributed by atoms with Crippen LogP contribution < -0.4 is 5.56 Å². The third-order valence-corrected chi connectivity index (χ3v) is 4.20. The number of aryl methyl sites for hydroxylation is 1. The van der Waals surface area contributed by atoms with Crippen LogP contribution in [0, 0.1) is 6.92 Å². The first-order valence-corrected chi connectivity index (χ1v) is 7.37. The van der Waals surface area contributed by atoms with Gasteiger partial charge in [-0.15, -0.1) is 0 Å². The monoisotopic (exact) mass is 360 g/mol. The number of aliphatic hydroxyl groups excluding tert-OH is 3. The number of alkyl halides is 3. The zero-order valence-electron chi connectivity index (χ0n) is 12.9. The van der Waals surface area contributed by atoms with Crippen molar-refractivity contribution < 1.29 is 33.2 Å². The van der Waals surface area contributed by atoms with Gasteiger partial charge in [-0.05, 0) is 24.6 Å². The van der Waals surface area contributed by atoms with Gasteiger partial charge >= 0.3 is 6.18 Å². The summed E-state index contributed by atoms with van der Waals surface area (Å²) in [6, 6.07) is 2.12. The summed E-state index contributed by atoms with van der Waals surface area (Å²) in [5, 5.41) is 29.2. The molecule has 3 heterocycles. The van der Waals surface area contributed by atoms with Crippen LogP contribution in [0.5, 0.6) is 0 Å². The van der Waals surface area contributed by atoms with Crippen LogP contribution in [-0.2, 0) is 10.9 Å². The molecule has 2 aromatic heterocycles. The average Bonchev–Trinajstić information content (AvgIpc) is 2.81. The van der Waals surface area contributed by atoms with Gasteiger partial charge in [-0.3, -0.25) is 4.79 Å². The van der Waals surface area contributed by atoms with Crippen molar-refractivity contribution in [2.45, 2.75) is 37.5 Å². The molecular weight excluding hydrogens is 345 g/mol. The molecule has 0 spiro atoms. The maximum atomic E-state index is 12.8. The molecule has 1 saturated heterocycles. The van der Waals surface area contributed by atoms with E-state index < -0.39 is 48.5 Å². The predicted octanol–water partition coefficient (Wildman–Crippen LogP) is 0.404. The molecule has 0 radical (unpaired) electrons. The summed E-state index contributed by atoms with van der Waals surface area (Å²) >= 11 is 0. The van der Waals surface area contributed by atoms with Crippen LogP contribution in [0.4, 0.5) is 13.2 Å². The number of hydrogen-bond acceptors (Lipinski definition) is 6. The van der Waals surface area contributed by atoms with Crippen LogP contribution in [0.25, 0.3) is 11.0 Å². The summed E-state index contributed by atoms with van der Waals surface area (Å²) in [4.78, 5) is 17.9. The van der Waals surface area contributed by atoms with Crippen molar-refractivity contribution in [1.29, 1.82) is 0 Å². The zero-order valence-corrected chi connectivity index (χ0v) is 12.9. The van der Waals surface area contributed by atoms with E-state index in [1.54, 1.807) is 0 Å². The third kappa shape index (κ3) is 3.01. The number of hydrogen-bond donors (Lipinski definition) is 4. The Bertz CT molecular complexity index is 867. The molecule has 0 amide bonds. The van der Waals surface area contributed by atoms with Gasteiger partial charge in [0.05, 0.1) is 6.61 Å². The molecule has 1 aliphatic rings. The fourth-order valence-corrected chi connectivity index (χ4v) is 2.87. The molecular formula is C15H15F3N2O5. The molecule has 7 nitrogen and oxygen atoms in total. The van der Waals surface area contributed by atoms with Crippen molar-refractivity contribution in [1.82, 2.24) is 9.97 Å². The summed E-state index contributed by atoms with van der Waals surface area (Å²) < 4.78 is 43.8. The van der Waals surface area contributed by atoms with Gasteiger partial charge < -0.3 is 25.0 Å². The molecule has 4 unspecified atom stereocenters. The summed E-state index contributed by atoms with van der Waals surface area (Å²) in [5.41, 5.74) is -2.02. The number of H-pyrrole nitrogens is 1. The first-order valence-electron chi connectivity index (χ1n) is 7.37. The maximum absolute atomic E-state index is 12.8. The number of aromatic amines is 1. The highest BCUT2D eigenvalue weighted by atomic mass is 19.4. The summed E-state index contributed by atoms with van der Waals surface area (Å²) in [6.45, 7) is 0.869. The molecule has 10 heteroatoms. The van der Waals surface area contributed by atoms with Crippen molar-refractivity contribution in [2.75, 3.05) is 6.61 Å². The fourth-order valence-electron chi connectivity index (χ4n) is 2.87. The van der Waals surface area contributed by atoms with Crippen molar-refractivity contribution in [3.63, 3.8) is 0 Å². The lowest BCUT2D eigenvalue weighted by molar-refractivity contribution is -0.141. The normalized spacial score (nSPS) is 27.2. The van der Waals surface area contributed by atoms with E-state index in [1.807, 2.05) is 0 Å². The quantitative estimate of drug-likeness (QED) is 0.616. The van der Waals surface area contributed by atoms with E-state index in [9.17, 15) is 28.2 Å². The van der Waals surface area contributed by atoms with Gasteiger partial charge in [0.1, 0.15) is 35.8 Å². The zero-order chi connectivity index (χ0) is 18.5. The number of rotatable bonds is 2. The highest BCUT2D eigenvalue weighted by Gasteiger charge is 2.44. The highest BCUT2D eigenvalue weighted by Crippen LogP contribution is 2.34. The van der Waals surface area contributed by atoms with E-state index >= 15 is 0 Å². The summed E-state index contributed by atoms with van der Waals surface area (Å²) in [6.07, 6.45) is -9.79. The minimum atomic E-state index is -4.66. The number of halogens is 3. The van der Waals surface area contributed by atoms with Crippen LogP contribution in [0.1, 0.15) is 22.9 Å². The fraction of sp³-hybridized carbons (Fsp3) is 0.467. The van der Waals surface area contributed by atoms with Gasteiger partial charge in [0, 0.05) is 10.9 Å². The maximum Gasteiger partial charge on any atom is 0.433 e. The Morgan fingerprint density at radius 1 is 1.28 bits per heavy atom. The molecule has 25 heavy (non-hydrogen) atoms. The minimum absolute atomic E-state index is 0.0698. The first kappa shape index (κ1) is 17.8. The molecule has 136 valence electrons. The second-order valence-corrected chi connectivity index (χ2v) is 5.90. The van der Waals surface area contributed by atoms with Gasteiger partial charge in [0.2, 0.25) is 0 Å². The van der Waals surface area contributed by atoms with Gasteiger partial charge in [-0.2, -0.15) is 13.2 Å². The second-order valence-electron chi connectivity index (χ2n) is 5.90. The minimum Gasteiger partial charge on any atom is -0.394 e. The predicted molar refractivity (Wildman–Crippen MR) is 78.8 cm³/mol. The van der Waals surface area contributed by atoms with Crippen molar-refractivity contribution >= 4 is 11.0 Å². The van der Waals surface area contributed by atoms with Crippen LogP contribution >= 0.6 is 0 Å². The average molecular weight is 360 g/mol. The molecule has 1 fully saturated rings. The van der Waals surface area contributed by atoms with Crippen LogP contribution in [0.3, 0.4) is 0 Å². The number of aromatic nitrogens is 2. The van der Waals surface area contributed by atoms with Crippen LogP contribution in [0.15, 0.2) is 16.9 Å². The molecule has 0 aromatic carbocycles. The Kier molecular flexibility index (Phi) is 4.31. The lowest BCUT2D eigenvalue weighted by Gasteiger charge is -2.16. The van der Waals surface area contributed by atoms with Gasteiger partial charge in [0.25, 0.3) is 5.56 Å². The van der Waals surface area contributed by atoms with Crippen molar-refractivity contribution in [3.8, 4) is 0 Å². The summed E-state index contributed by atoms with van der Waals surface area (Å²) in [7, 11) is 0. The lowest BCUT2D eigenvalue weighted by Crippen LogP contribution is -2.33. The van der Waals surface area contributed by atoms with Gasteiger partial charge in [0.15, 0.2) is 0 Å². The van der Waals surface area contributed by atoms with E-state index in [1.165, 1.54) is 13.0 Å². The van der Waals surface area contributed by atoms with Crippen molar-refractivity contribution in [2.24, 2.45) is 0 Å². The number of nitrogens with zero attached hydrogens (tertiary/aromatic N) is 1. The van der Waals surface area contributed by atoms with Crippen LogP contribution in [-0.4, -0.2) is 50.2 Å². The molecule has 4 N–H and O–H groups in total. The van der Waals surface area contributed by atoms with Crippen LogP contribution in [0.2, 0.25) is 0 Å². The molecule has 1 aliphatic heterocycles. The van der Waals surface area contributed by atoms with Crippen molar-refractivity contribution in [3.05, 3.63) is 39.3 Å². The summed E-state index contributed by atoms with van der Waals surface area (Å²) in [5.74, 6) is 0. The SMILES string of the molecule is Cc1cc(C(F)(F)F)nc2[nH]c(=O)c(C3OC(CO)C(O)C3O)cc12. The Morgan fingerprint density at radius 2 is 1.96 bits per heavy atom. The Hall–Kier alpha value is -2.01. The van der Waals surface area contributed by atoms with E-state index in [0.29, 0.717) is 0 Å². The first-order chi connectivity index (χ1) is 11.6. The van der Waals surface area contributed by atoms with E-state index in [4.69, 9.17) is 9.84 Å². The van der Waals surface area contributed by atoms with Gasteiger partial charge in [-0.1, -0.05) is 0 Å².